The smallest absolute Gasteiger partial charge is 0.236 e. The van der Waals surface area contributed by atoms with E-state index in [0.29, 0.717) is 18.4 Å². The van der Waals surface area contributed by atoms with Crippen LogP contribution in [0, 0.1) is 5.92 Å². The van der Waals surface area contributed by atoms with Gasteiger partial charge in [0.15, 0.2) is 11.4 Å². The zero-order chi connectivity index (χ0) is 24.4. The third-order valence-electron chi connectivity index (χ3n) is 8.09. The van der Waals surface area contributed by atoms with Crippen LogP contribution in [-0.2, 0) is 23.5 Å². The van der Waals surface area contributed by atoms with Gasteiger partial charge in [-0.25, -0.2) is 4.98 Å². The molecule has 5 heteroatoms. The van der Waals surface area contributed by atoms with Crippen LogP contribution in [0.2, 0.25) is 0 Å². The third-order valence-corrected chi connectivity index (χ3v) is 8.09. The number of rotatable bonds is 8. The Morgan fingerprint density at radius 3 is 2.06 bits per heavy atom. The molecule has 1 atom stereocenters. The van der Waals surface area contributed by atoms with Crippen molar-refractivity contribution in [3.8, 4) is 0 Å². The fraction of sp³-hybridized carbons (Fsp3) is 0.323. The predicted molar refractivity (Wildman–Crippen MR) is 138 cm³/mol. The van der Waals surface area contributed by atoms with Crippen molar-refractivity contribution < 1.29 is 18.7 Å². The molecule has 3 fully saturated rings. The van der Waals surface area contributed by atoms with Crippen molar-refractivity contribution in [1.29, 1.82) is 0 Å². The summed E-state index contributed by atoms with van der Waals surface area (Å²) in [4.78, 5) is 4.62. The predicted octanol–water partition coefficient (Wildman–Crippen LogP) is 5.28. The summed E-state index contributed by atoms with van der Waals surface area (Å²) in [6.45, 7) is 4.69. The molecule has 3 saturated heterocycles. The summed E-state index contributed by atoms with van der Waals surface area (Å²) in [6, 6.07) is 29.7. The summed E-state index contributed by atoms with van der Waals surface area (Å²) in [7, 11) is 0. The van der Waals surface area contributed by atoms with E-state index >= 15 is 0 Å². The molecule has 3 aliphatic heterocycles. The van der Waals surface area contributed by atoms with Crippen molar-refractivity contribution in [2.75, 3.05) is 19.6 Å². The Morgan fingerprint density at radius 2 is 1.44 bits per heavy atom. The fourth-order valence-electron chi connectivity index (χ4n) is 6.06. The van der Waals surface area contributed by atoms with Gasteiger partial charge in [0.1, 0.15) is 19.2 Å². The van der Waals surface area contributed by atoms with Crippen molar-refractivity contribution in [3.63, 3.8) is 0 Å². The van der Waals surface area contributed by atoms with Crippen LogP contribution < -0.4 is 0 Å². The molecule has 0 saturated carbocycles. The van der Waals surface area contributed by atoms with E-state index in [1.54, 1.807) is 6.20 Å². The summed E-state index contributed by atoms with van der Waals surface area (Å²) in [5.41, 5.74) is 1.26. The molecule has 0 amide bonds. The largest absolute Gasteiger partial charge is 0.436 e. The van der Waals surface area contributed by atoms with E-state index in [1.807, 2.05) is 66.7 Å². The maximum atomic E-state index is 12.0. The molecule has 1 aromatic heterocycles. The lowest BCUT2D eigenvalue weighted by Crippen LogP contribution is -2.63. The van der Waals surface area contributed by atoms with Crippen molar-refractivity contribution >= 4 is 0 Å². The van der Waals surface area contributed by atoms with Crippen LogP contribution in [0.1, 0.15) is 41.2 Å². The highest BCUT2D eigenvalue weighted by Crippen LogP contribution is 2.39. The second-order valence-electron chi connectivity index (χ2n) is 10.4. The monoisotopic (exact) mass is 481 g/mol. The van der Waals surface area contributed by atoms with Gasteiger partial charge in [-0.1, -0.05) is 91.0 Å². The number of fused-ring (bicyclic) bond motifs is 3. The van der Waals surface area contributed by atoms with Crippen LogP contribution in [0.5, 0.6) is 0 Å². The molecule has 0 radical (unpaired) electrons. The Kier molecular flexibility index (Phi) is 6.22. The molecule has 3 aliphatic rings. The van der Waals surface area contributed by atoms with Crippen LogP contribution in [-0.4, -0.2) is 40.3 Å². The number of ether oxygens (including phenoxy) is 1. The van der Waals surface area contributed by atoms with Crippen molar-refractivity contribution in [2.24, 2.45) is 5.92 Å². The standard InChI is InChI=1S/C31H33N2O3/c34-31(26-12-6-2-7-13-26,27-14-8-3-9-15-27)30-32-20-28(36-30)21-33-18-16-25(17-19-33)29(22-33)35-23-24-10-4-1-5-11-24/h1-15,20,25,29,34H,16-19,21-23H2/q+1/t25?,29-,33?/m0/s1. The molecule has 3 aromatic carbocycles. The lowest BCUT2D eigenvalue weighted by Gasteiger charge is -2.52. The minimum Gasteiger partial charge on any atom is -0.436 e. The molecule has 1 N–H and O–H groups in total. The molecule has 36 heavy (non-hydrogen) atoms. The summed E-state index contributed by atoms with van der Waals surface area (Å²) >= 11 is 0. The highest BCUT2D eigenvalue weighted by Gasteiger charge is 2.47. The number of aliphatic hydroxyl groups is 1. The van der Waals surface area contributed by atoms with Crippen LogP contribution in [0.3, 0.4) is 0 Å². The zero-order valence-electron chi connectivity index (χ0n) is 20.5. The highest BCUT2D eigenvalue weighted by atomic mass is 16.5. The van der Waals surface area contributed by atoms with Crippen LogP contribution in [0.25, 0.3) is 0 Å². The SMILES string of the molecule is OC(c1ccccc1)(c1ccccc1)c1ncc(C[N+]23CCC(CC2)[C@@H](OCc2ccccc2)C3)o1. The first kappa shape index (κ1) is 23.2. The number of nitrogens with zero attached hydrogens (tertiary/aromatic N) is 2. The molecule has 4 heterocycles. The molecule has 184 valence electrons. The first-order valence-electron chi connectivity index (χ1n) is 12.9. The molecule has 0 unspecified atom stereocenters. The number of quaternary nitrogens is 1. The van der Waals surface area contributed by atoms with Crippen molar-refractivity contribution in [2.45, 2.75) is 37.7 Å². The van der Waals surface area contributed by atoms with Crippen molar-refractivity contribution in [3.05, 3.63) is 126 Å². The molecular formula is C31H33N2O3+. The third kappa shape index (κ3) is 4.39. The second-order valence-corrected chi connectivity index (χ2v) is 10.4. The number of hydrogen-bond acceptors (Lipinski definition) is 4. The summed E-state index contributed by atoms with van der Waals surface area (Å²) < 4.78 is 13.7. The molecule has 4 aromatic rings. The molecule has 0 spiro atoms. The minimum atomic E-state index is -1.45. The molecule has 7 rings (SSSR count). The molecular weight excluding hydrogens is 448 g/mol. The number of oxazole rings is 1. The topological polar surface area (TPSA) is 55.5 Å². The fourth-order valence-corrected chi connectivity index (χ4v) is 6.06. The van der Waals surface area contributed by atoms with Gasteiger partial charge in [0.05, 0.1) is 25.9 Å². The molecule has 0 aliphatic carbocycles. The van der Waals surface area contributed by atoms with Crippen LogP contribution in [0.15, 0.2) is 102 Å². The van der Waals surface area contributed by atoms with Gasteiger partial charge < -0.3 is 18.7 Å². The first-order chi connectivity index (χ1) is 17.6. The van der Waals surface area contributed by atoms with Gasteiger partial charge in [-0.05, 0) is 16.7 Å². The van der Waals surface area contributed by atoms with Crippen LogP contribution >= 0.6 is 0 Å². The normalized spacial score (nSPS) is 23.6. The maximum absolute atomic E-state index is 12.0. The van der Waals surface area contributed by atoms with Gasteiger partial charge in [-0.15, -0.1) is 0 Å². The second kappa shape index (κ2) is 9.66. The van der Waals surface area contributed by atoms with Gasteiger partial charge in [-0.3, -0.25) is 0 Å². The quantitative estimate of drug-likeness (QED) is 0.348. The first-order valence-corrected chi connectivity index (χ1v) is 12.9. The van der Waals surface area contributed by atoms with Crippen LogP contribution in [0.4, 0.5) is 0 Å². The average Bonchev–Trinajstić information content (AvgIpc) is 3.42. The molecule has 5 nitrogen and oxygen atoms in total. The van der Waals surface area contributed by atoms with Gasteiger partial charge in [-0.2, -0.15) is 0 Å². The number of hydrogen-bond donors (Lipinski definition) is 1. The zero-order valence-corrected chi connectivity index (χ0v) is 20.5. The van der Waals surface area contributed by atoms with E-state index < -0.39 is 5.60 Å². The minimum absolute atomic E-state index is 0.265. The lowest BCUT2D eigenvalue weighted by molar-refractivity contribution is -0.959. The van der Waals surface area contributed by atoms with Gasteiger partial charge >= 0.3 is 0 Å². The van der Waals surface area contributed by atoms with E-state index in [9.17, 15) is 5.11 Å². The summed E-state index contributed by atoms with van der Waals surface area (Å²) in [5, 5.41) is 12.0. The van der Waals surface area contributed by atoms with E-state index in [2.05, 4.69) is 29.2 Å². The van der Waals surface area contributed by atoms with E-state index in [4.69, 9.17) is 9.15 Å². The van der Waals surface area contributed by atoms with Crippen molar-refractivity contribution in [1.82, 2.24) is 4.98 Å². The Bertz CT molecular complexity index is 1230. The number of aromatic nitrogens is 1. The molecule has 2 bridgehead atoms. The Hall–Kier alpha value is -3.25. The maximum Gasteiger partial charge on any atom is 0.236 e. The van der Waals surface area contributed by atoms with E-state index in [1.165, 1.54) is 18.4 Å². The van der Waals surface area contributed by atoms with Gasteiger partial charge in [0, 0.05) is 18.8 Å². The van der Waals surface area contributed by atoms with Gasteiger partial charge in [0.2, 0.25) is 5.89 Å². The van der Waals surface area contributed by atoms with E-state index in [-0.39, 0.29) is 6.10 Å². The summed E-state index contributed by atoms with van der Waals surface area (Å²) in [6.07, 6.45) is 4.43. The summed E-state index contributed by atoms with van der Waals surface area (Å²) in [5.74, 6) is 1.77. The lowest BCUT2D eigenvalue weighted by atomic mass is 9.83. The highest BCUT2D eigenvalue weighted by molar-refractivity contribution is 5.41. The number of benzene rings is 3. The Morgan fingerprint density at radius 1 is 0.861 bits per heavy atom. The number of piperidine rings is 3. The Labute approximate surface area is 212 Å². The van der Waals surface area contributed by atoms with E-state index in [0.717, 1.165) is 47.5 Å². The average molecular weight is 482 g/mol. The van der Waals surface area contributed by atoms with Gasteiger partial charge in [0.25, 0.3) is 0 Å². The Balaban J connectivity index is 1.23.